The normalized spacial score (nSPS) is 20.3. The zero-order valence-corrected chi connectivity index (χ0v) is 12.2. The Balaban J connectivity index is 1.45. The fourth-order valence-corrected chi connectivity index (χ4v) is 2.47. The minimum Gasteiger partial charge on any atom is -0.492 e. The van der Waals surface area contributed by atoms with Gasteiger partial charge >= 0.3 is 0 Å². The van der Waals surface area contributed by atoms with Gasteiger partial charge in [0.2, 0.25) is 0 Å². The van der Waals surface area contributed by atoms with E-state index in [-0.39, 0.29) is 5.82 Å². The predicted octanol–water partition coefficient (Wildman–Crippen LogP) is 2.31. The Morgan fingerprint density at radius 2 is 2.00 bits per heavy atom. The number of nitrogens with one attached hydrogen (secondary N) is 1. The fourth-order valence-electron chi connectivity index (χ4n) is 2.47. The minimum absolute atomic E-state index is 0.269. The van der Waals surface area contributed by atoms with E-state index in [2.05, 4.69) is 15.3 Å². The maximum atomic E-state index is 12.8. The molecule has 1 aliphatic carbocycles. The average Bonchev–Trinajstić information content (AvgIpc) is 2.50. The first-order valence-electron chi connectivity index (χ1n) is 7.40. The van der Waals surface area contributed by atoms with Crippen LogP contribution in [0.15, 0.2) is 36.7 Å². The minimum atomic E-state index is -0.269. The maximum absolute atomic E-state index is 12.8. The standard InChI is InChI=1S/C16H19FN4O/c17-12-1-3-14(4-2-12)22-6-5-19-16-9-15(20-10-21-16)11-7-13(18)8-11/h1-4,9-11,13H,5-8,18H2,(H,19,20,21). The van der Waals surface area contributed by atoms with Crippen LogP contribution in [-0.4, -0.2) is 29.2 Å². The molecule has 1 fully saturated rings. The first-order valence-corrected chi connectivity index (χ1v) is 7.40. The van der Waals surface area contributed by atoms with E-state index in [1.807, 2.05) is 6.07 Å². The van der Waals surface area contributed by atoms with Crippen molar-refractivity contribution in [3.05, 3.63) is 48.2 Å². The van der Waals surface area contributed by atoms with E-state index in [0.717, 1.165) is 24.4 Å². The van der Waals surface area contributed by atoms with E-state index >= 15 is 0 Å². The molecular weight excluding hydrogens is 283 g/mol. The number of nitrogens with two attached hydrogens (primary N) is 1. The second kappa shape index (κ2) is 6.70. The summed E-state index contributed by atoms with van der Waals surface area (Å²) >= 11 is 0. The molecule has 1 aromatic heterocycles. The quantitative estimate of drug-likeness (QED) is 0.801. The van der Waals surface area contributed by atoms with E-state index in [1.54, 1.807) is 18.5 Å². The molecule has 22 heavy (non-hydrogen) atoms. The van der Waals surface area contributed by atoms with Gasteiger partial charge in [0.15, 0.2) is 0 Å². The van der Waals surface area contributed by atoms with Crippen LogP contribution in [0.5, 0.6) is 5.75 Å². The van der Waals surface area contributed by atoms with E-state index in [1.165, 1.54) is 12.1 Å². The Morgan fingerprint density at radius 1 is 1.23 bits per heavy atom. The van der Waals surface area contributed by atoms with Crippen LogP contribution >= 0.6 is 0 Å². The molecule has 1 aliphatic rings. The summed E-state index contributed by atoms with van der Waals surface area (Å²) in [5.74, 6) is 1.62. The van der Waals surface area contributed by atoms with Crippen LogP contribution in [0.1, 0.15) is 24.5 Å². The summed E-state index contributed by atoms with van der Waals surface area (Å²) in [6.45, 7) is 1.08. The van der Waals surface area contributed by atoms with Crippen molar-refractivity contribution in [3.8, 4) is 5.75 Å². The Labute approximate surface area is 128 Å². The van der Waals surface area contributed by atoms with Gasteiger partial charge in [-0.2, -0.15) is 0 Å². The van der Waals surface area contributed by atoms with Crippen molar-refractivity contribution in [3.63, 3.8) is 0 Å². The van der Waals surface area contributed by atoms with Gasteiger partial charge in [0.05, 0.1) is 6.54 Å². The fraction of sp³-hybridized carbons (Fsp3) is 0.375. The highest BCUT2D eigenvalue weighted by molar-refractivity contribution is 5.36. The number of hydrogen-bond donors (Lipinski definition) is 2. The highest BCUT2D eigenvalue weighted by atomic mass is 19.1. The molecule has 2 aromatic rings. The van der Waals surface area contributed by atoms with E-state index in [0.29, 0.717) is 30.9 Å². The number of rotatable bonds is 6. The van der Waals surface area contributed by atoms with Crippen LogP contribution in [0.3, 0.4) is 0 Å². The number of halogens is 1. The number of ether oxygens (including phenoxy) is 1. The number of anilines is 1. The first kappa shape index (κ1) is 14.7. The van der Waals surface area contributed by atoms with Crippen LogP contribution in [-0.2, 0) is 0 Å². The molecule has 1 heterocycles. The maximum Gasteiger partial charge on any atom is 0.129 e. The lowest BCUT2D eigenvalue weighted by atomic mass is 9.79. The van der Waals surface area contributed by atoms with Crippen LogP contribution in [0.2, 0.25) is 0 Å². The van der Waals surface area contributed by atoms with Crippen molar-refractivity contribution < 1.29 is 9.13 Å². The van der Waals surface area contributed by atoms with Gasteiger partial charge in [-0.3, -0.25) is 0 Å². The summed E-state index contributed by atoms with van der Waals surface area (Å²) in [6.07, 6.45) is 3.55. The van der Waals surface area contributed by atoms with Gasteiger partial charge in [0.1, 0.15) is 30.3 Å². The van der Waals surface area contributed by atoms with Gasteiger partial charge in [-0.05, 0) is 37.1 Å². The molecular formula is C16H19FN4O. The topological polar surface area (TPSA) is 73.1 Å². The van der Waals surface area contributed by atoms with Gasteiger partial charge in [-0.15, -0.1) is 0 Å². The molecule has 3 N–H and O–H groups in total. The number of hydrogen-bond acceptors (Lipinski definition) is 5. The third kappa shape index (κ3) is 3.71. The number of benzene rings is 1. The Morgan fingerprint density at radius 3 is 2.73 bits per heavy atom. The molecule has 0 amide bonds. The Kier molecular flexibility index (Phi) is 4.48. The molecule has 0 radical (unpaired) electrons. The van der Waals surface area contributed by atoms with Gasteiger partial charge < -0.3 is 15.8 Å². The molecule has 0 bridgehead atoms. The van der Waals surface area contributed by atoms with Crippen molar-refractivity contribution in [2.24, 2.45) is 5.73 Å². The Hall–Kier alpha value is -2.21. The van der Waals surface area contributed by atoms with Crippen molar-refractivity contribution in [1.29, 1.82) is 0 Å². The zero-order chi connectivity index (χ0) is 15.4. The number of aromatic nitrogens is 2. The lowest BCUT2D eigenvalue weighted by Gasteiger charge is -2.31. The van der Waals surface area contributed by atoms with E-state index < -0.39 is 0 Å². The SMILES string of the molecule is NC1CC(c2cc(NCCOc3ccc(F)cc3)ncn2)C1. The molecule has 5 nitrogen and oxygen atoms in total. The largest absolute Gasteiger partial charge is 0.492 e. The lowest BCUT2D eigenvalue weighted by Crippen LogP contribution is -2.35. The summed E-state index contributed by atoms with van der Waals surface area (Å²) in [5.41, 5.74) is 6.85. The monoisotopic (exact) mass is 302 g/mol. The molecule has 0 spiro atoms. The summed E-state index contributed by atoms with van der Waals surface area (Å²) in [4.78, 5) is 8.50. The summed E-state index contributed by atoms with van der Waals surface area (Å²) in [5, 5.41) is 3.20. The molecule has 6 heteroatoms. The predicted molar refractivity (Wildman–Crippen MR) is 82.4 cm³/mol. The number of nitrogens with zero attached hydrogens (tertiary/aromatic N) is 2. The highest BCUT2D eigenvalue weighted by Crippen LogP contribution is 2.34. The summed E-state index contributed by atoms with van der Waals surface area (Å²) < 4.78 is 18.3. The molecule has 0 aliphatic heterocycles. The zero-order valence-electron chi connectivity index (χ0n) is 12.2. The first-order chi connectivity index (χ1) is 10.7. The molecule has 0 saturated heterocycles. The van der Waals surface area contributed by atoms with E-state index in [4.69, 9.17) is 10.5 Å². The summed E-state index contributed by atoms with van der Waals surface area (Å²) in [6, 6.07) is 8.25. The lowest BCUT2D eigenvalue weighted by molar-refractivity contribution is 0.332. The smallest absolute Gasteiger partial charge is 0.129 e. The molecule has 1 aromatic carbocycles. The third-order valence-electron chi connectivity index (χ3n) is 3.77. The average molecular weight is 302 g/mol. The van der Waals surface area contributed by atoms with Gasteiger partial charge in [0, 0.05) is 23.7 Å². The van der Waals surface area contributed by atoms with E-state index in [9.17, 15) is 4.39 Å². The third-order valence-corrected chi connectivity index (χ3v) is 3.77. The van der Waals surface area contributed by atoms with Crippen molar-refractivity contribution in [1.82, 2.24) is 9.97 Å². The second-order valence-electron chi connectivity index (χ2n) is 5.49. The van der Waals surface area contributed by atoms with Crippen LogP contribution in [0, 0.1) is 5.82 Å². The second-order valence-corrected chi connectivity index (χ2v) is 5.49. The van der Waals surface area contributed by atoms with Gasteiger partial charge in [0.25, 0.3) is 0 Å². The highest BCUT2D eigenvalue weighted by Gasteiger charge is 2.28. The molecule has 1 saturated carbocycles. The Bertz CT molecular complexity index is 614. The summed E-state index contributed by atoms with van der Waals surface area (Å²) in [7, 11) is 0. The van der Waals surface area contributed by atoms with Crippen molar-refractivity contribution in [2.45, 2.75) is 24.8 Å². The molecule has 116 valence electrons. The van der Waals surface area contributed by atoms with Crippen molar-refractivity contribution >= 4 is 5.82 Å². The van der Waals surface area contributed by atoms with Crippen LogP contribution < -0.4 is 15.8 Å². The van der Waals surface area contributed by atoms with Crippen LogP contribution in [0.4, 0.5) is 10.2 Å². The molecule has 0 unspecified atom stereocenters. The van der Waals surface area contributed by atoms with Gasteiger partial charge in [-0.25, -0.2) is 14.4 Å². The molecule has 0 atom stereocenters. The van der Waals surface area contributed by atoms with Gasteiger partial charge in [-0.1, -0.05) is 0 Å². The van der Waals surface area contributed by atoms with Crippen LogP contribution in [0.25, 0.3) is 0 Å². The van der Waals surface area contributed by atoms with Crippen molar-refractivity contribution in [2.75, 3.05) is 18.5 Å². The molecule has 3 rings (SSSR count).